The first-order valence-electron chi connectivity index (χ1n) is 5.12. The van der Waals surface area contributed by atoms with Gasteiger partial charge in [-0.3, -0.25) is 5.32 Å². The van der Waals surface area contributed by atoms with E-state index in [1.54, 1.807) is 36.4 Å². The minimum absolute atomic E-state index is 0.303. The number of allylic oxidation sites excluding steroid dienone is 2. The zero-order chi connectivity index (χ0) is 14.3. The lowest BCUT2D eigenvalue weighted by Crippen LogP contribution is -2.29. The van der Waals surface area contributed by atoms with E-state index in [1.807, 2.05) is 0 Å². The Morgan fingerprint density at radius 1 is 1.37 bits per heavy atom. The van der Waals surface area contributed by atoms with Crippen LogP contribution in [0.5, 0.6) is 5.75 Å². The van der Waals surface area contributed by atoms with E-state index in [4.69, 9.17) is 21.0 Å². The van der Waals surface area contributed by atoms with E-state index in [1.165, 1.54) is 7.11 Å². The third kappa shape index (κ3) is 3.95. The zero-order valence-electron chi connectivity index (χ0n) is 10.1. The molecule has 0 aliphatic carbocycles. The van der Waals surface area contributed by atoms with Crippen LogP contribution >= 0.6 is 0 Å². The van der Waals surface area contributed by atoms with Gasteiger partial charge in [-0.2, -0.15) is 10.5 Å². The molecule has 1 rings (SSSR count). The lowest BCUT2D eigenvalue weighted by molar-refractivity contribution is 0.254. The predicted molar refractivity (Wildman–Crippen MR) is 67.6 cm³/mol. The number of urea groups is 1. The normalized spacial score (nSPS) is 10.5. The van der Waals surface area contributed by atoms with Crippen LogP contribution in [-0.2, 0) is 0 Å². The van der Waals surface area contributed by atoms with E-state index in [2.05, 4.69) is 10.6 Å². The number of nitriles is 2. The summed E-state index contributed by atoms with van der Waals surface area (Å²) in [7, 11) is 1.50. The van der Waals surface area contributed by atoms with Crippen molar-refractivity contribution in [2.75, 3.05) is 12.4 Å². The molecule has 0 saturated heterocycles. The molecule has 0 atom stereocenters. The highest BCUT2D eigenvalue weighted by Gasteiger charge is 2.08. The maximum atomic E-state index is 11.6. The van der Waals surface area contributed by atoms with Gasteiger partial charge in [-0.05, 0) is 12.1 Å². The standard InChI is InChI=1S/C12H11N5O2/c1-19-9-4-2-3-8(5-9)16-12(18)17-11(7-14)10(15)6-13/h2-5H,15H2,1H3,(H2,16,17,18)/b11-10-. The Morgan fingerprint density at radius 2 is 2.11 bits per heavy atom. The van der Waals surface area contributed by atoms with Gasteiger partial charge in [-0.25, -0.2) is 4.79 Å². The van der Waals surface area contributed by atoms with E-state index in [0.717, 1.165) is 0 Å². The number of nitrogens with zero attached hydrogens (tertiary/aromatic N) is 2. The summed E-state index contributed by atoms with van der Waals surface area (Å²) in [5, 5.41) is 21.9. The number of rotatable bonds is 3. The highest BCUT2D eigenvalue weighted by molar-refractivity contribution is 5.91. The summed E-state index contributed by atoms with van der Waals surface area (Å²) in [5.74, 6) is 0.574. The van der Waals surface area contributed by atoms with Crippen LogP contribution in [-0.4, -0.2) is 13.1 Å². The Kier molecular flexibility index (Phi) is 4.76. The van der Waals surface area contributed by atoms with Crippen molar-refractivity contribution >= 4 is 11.7 Å². The molecule has 0 bridgehead atoms. The van der Waals surface area contributed by atoms with Gasteiger partial charge in [0.25, 0.3) is 0 Å². The number of carbonyl (C=O) groups is 1. The molecule has 19 heavy (non-hydrogen) atoms. The van der Waals surface area contributed by atoms with Crippen LogP contribution in [0.1, 0.15) is 0 Å². The molecule has 1 aromatic carbocycles. The van der Waals surface area contributed by atoms with Gasteiger partial charge in [0.1, 0.15) is 23.6 Å². The minimum atomic E-state index is -0.678. The molecule has 0 saturated carbocycles. The largest absolute Gasteiger partial charge is 0.497 e. The first kappa shape index (κ1) is 13.9. The molecule has 1 aromatic rings. The average Bonchev–Trinajstić information content (AvgIpc) is 2.44. The second-order valence-electron chi connectivity index (χ2n) is 3.32. The fourth-order valence-electron chi connectivity index (χ4n) is 1.19. The van der Waals surface area contributed by atoms with Crippen molar-refractivity contribution in [2.45, 2.75) is 0 Å². The Labute approximate surface area is 109 Å². The lowest BCUT2D eigenvalue weighted by Gasteiger charge is -2.08. The minimum Gasteiger partial charge on any atom is -0.497 e. The Balaban J connectivity index is 2.76. The number of anilines is 1. The smallest absolute Gasteiger partial charge is 0.324 e. The van der Waals surface area contributed by atoms with Crippen LogP contribution in [0.15, 0.2) is 35.7 Å². The van der Waals surface area contributed by atoms with Gasteiger partial charge in [0, 0.05) is 11.8 Å². The zero-order valence-corrected chi connectivity index (χ0v) is 10.1. The van der Waals surface area contributed by atoms with Gasteiger partial charge in [-0.1, -0.05) is 6.07 Å². The molecule has 7 heteroatoms. The summed E-state index contributed by atoms with van der Waals surface area (Å²) >= 11 is 0. The molecular formula is C12H11N5O2. The summed E-state index contributed by atoms with van der Waals surface area (Å²) in [6.07, 6.45) is 0. The highest BCUT2D eigenvalue weighted by atomic mass is 16.5. The molecule has 0 aliphatic rings. The highest BCUT2D eigenvalue weighted by Crippen LogP contribution is 2.16. The molecule has 0 spiro atoms. The summed E-state index contributed by atoms with van der Waals surface area (Å²) in [6.45, 7) is 0. The second-order valence-corrected chi connectivity index (χ2v) is 3.32. The van der Waals surface area contributed by atoms with Gasteiger partial charge in [0.2, 0.25) is 0 Å². The lowest BCUT2D eigenvalue weighted by atomic mass is 10.3. The first-order valence-corrected chi connectivity index (χ1v) is 5.12. The SMILES string of the molecule is COc1cccc(NC(=O)N/C(C#N)=C(\N)C#N)c1. The van der Waals surface area contributed by atoms with Crippen molar-refractivity contribution in [3.8, 4) is 17.9 Å². The van der Waals surface area contributed by atoms with Crippen LogP contribution in [0.25, 0.3) is 0 Å². The summed E-state index contributed by atoms with van der Waals surface area (Å²) < 4.78 is 5.00. The molecule has 0 heterocycles. The van der Waals surface area contributed by atoms with Crippen LogP contribution in [0.2, 0.25) is 0 Å². The molecule has 0 aliphatic heterocycles. The Bertz CT molecular complexity index is 595. The fourth-order valence-corrected chi connectivity index (χ4v) is 1.19. The van der Waals surface area contributed by atoms with Crippen LogP contribution in [0.3, 0.4) is 0 Å². The number of benzene rings is 1. The van der Waals surface area contributed by atoms with Crippen molar-refractivity contribution in [3.63, 3.8) is 0 Å². The van der Waals surface area contributed by atoms with Crippen molar-refractivity contribution in [2.24, 2.45) is 5.73 Å². The molecule has 7 nitrogen and oxygen atoms in total. The predicted octanol–water partition coefficient (Wildman–Crippen LogP) is 1.03. The molecule has 0 fully saturated rings. The number of nitrogens with one attached hydrogen (secondary N) is 2. The van der Waals surface area contributed by atoms with Crippen molar-refractivity contribution in [1.29, 1.82) is 10.5 Å². The molecule has 4 N–H and O–H groups in total. The van der Waals surface area contributed by atoms with Crippen LogP contribution in [0.4, 0.5) is 10.5 Å². The third-order valence-electron chi connectivity index (χ3n) is 2.07. The van der Waals surface area contributed by atoms with E-state index >= 15 is 0 Å². The van der Waals surface area contributed by atoms with E-state index in [-0.39, 0.29) is 11.4 Å². The Hall–Kier alpha value is -3.19. The molecule has 96 valence electrons. The second kappa shape index (κ2) is 6.52. The number of carbonyl (C=O) groups excluding carboxylic acids is 1. The number of hydrogen-bond acceptors (Lipinski definition) is 5. The molecule has 0 unspecified atom stereocenters. The first-order chi connectivity index (χ1) is 9.10. The monoisotopic (exact) mass is 257 g/mol. The van der Waals surface area contributed by atoms with Crippen LogP contribution in [0, 0.1) is 22.7 Å². The van der Waals surface area contributed by atoms with Crippen molar-refractivity contribution < 1.29 is 9.53 Å². The molecular weight excluding hydrogens is 246 g/mol. The number of nitrogens with two attached hydrogens (primary N) is 1. The van der Waals surface area contributed by atoms with Gasteiger partial charge in [0.15, 0.2) is 5.70 Å². The molecule has 0 aromatic heterocycles. The van der Waals surface area contributed by atoms with Gasteiger partial charge >= 0.3 is 6.03 Å². The van der Waals surface area contributed by atoms with Gasteiger partial charge < -0.3 is 15.8 Å². The van der Waals surface area contributed by atoms with Crippen molar-refractivity contribution in [3.05, 3.63) is 35.7 Å². The quantitative estimate of drug-likeness (QED) is 0.697. The van der Waals surface area contributed by atoms with Gasteiger partial charge in [0.05, 0.1) is 7.11 Å². The summed E-state index contributed by atoms with van der Waals surface area (Å²) in [4.78, 5) is 11.6. The average molecular weight is 257 g/mol. The van der Waals surface area contributed by atoms with Gasteiger partial charge in [-0.15, -0.1) is 0 Å². The maximum absolute atomic E-state index is 11.6. The molecule has 2 amide bonds. The van der Waals surface area contributed by atoms with E-state index in [9.17, 15) is 4.79 Å². The van der Waals surface area contributed by atoms with Crippen LogP contribution < -0.4 is 21.1 Å². The molecule has 0 radical (unpaired) electrons. The van der Waals surface area contributed by atoms with E-state index < -0.39 is 6.03 Å². The Morgan fingerprint density at radius 3 is 2.68 bits per heavy atom. The fraction of sp³-hybridized carbons (Fsp3) is 0.0833. The van der Waals surface area contributed by atoms with E-state index in [0.29, 0.717) is 11.4 Å². The number of hydrogen-bond donors (Lipinski definition) is 3. The summed E-state index contributed by atoms with van der Waals surface area (Å²) in [5.41, 5.74) is 5.06. The summed E-state index contributed by atoms with van der Waals surface area (Å²) in [6, 6.07) is 9.18. The number of ether oxygens (including phenoxy) is 1. The number of methoxy groups -OCH3 is 1. The van der Waals surface area contributed by atoms with Crippen molar-refractivity contribution in [1.82, 2.24) is 5.32 Å². The topological polar surface area (TPSA) is 124 Å². The third-order valence-corrected chi connectivity index (χ3v) is 2.07. The number of amides is 2. The maximum Gasteiger partial charge on any atom is 0.324 e.